The molecule has 0 radical (unpaired) electrons. The highest BCUT2D eigenvalue weighted by atomic mass is 16.5. The number of hydrogen-bond donors (Lipinski definition) is 1. The first-order valence-electron chi connectivity index (χ1n) is 7.39. The summed E-state index contributed by atoms with van der Waals surface area (Å²) in [6.07, 6.45) is 1.89. The molecule has 20 heavy (non-hydrogen) atoms. The summed E-state index contributed by atoms with van der Waals surface area (Å²) >= 11 is 0. The molecule has 1 rings (SSSR count). The van der Waals surface area contributed by atoms with Gasteiger partial charge in [-0.2, -0.15) is 0 Å². The molecule has 0 bridgehead atoms. The molecule has 0 spiro atoms. The summed E-state index contributed by atoms with van der Waals surface area (Å²) in [6, 6.07) is 8.19. The number of carbonyl (C=O) groups is 1. The third-order valence-electron chi connectivity index (χ3n) is 3.44. The van der Waals surface area contributed by atoms with Gasteiger partial charge < -0.3 is 10.1 Å². The zero-order chi connectivity index (χ0) is 15.2. The van der Waals surface area contributed by atoms with Crippen LogP contribution in [0.5, 0.6) is 5.75 Å². The van der Waals surface area contributed by atoms with Crippen molar-refractivity contribution in [1.29, 1.82) is 0 Å². The molecule has 1 N–H and O–H groups in total. The van der Waals surface area contributed by atoms with Crippen LogP contribution in [0.25, 0.3) is 0 Å². The number of hydrogen-bond acceptors (Lipinski definition) is 2. The third kappa shape index (κ3) is 5.24. The summed E-state index contributed by atoms with van der Waals surface area (Å²) in [4.78, 5) is 11.7. The molecular formula is C17H27NO2. The largest absolute Gasteiger partial charge is 0.484 e. The Hall–Kier alpha value is -1.51. The van der Waals surface area contributed by atoms with Gasteiger partial charge in [-0.05, 0) is 36.0 Å². The highest BCUT2D eigenvalue weighted by Crippen LogP contribution is 2.24. The van der Waals surface area contributed by atoms with Crippen molar-refractivity contribution in [3.63, 3.8) is 0 Å². The van der Waals surface area contributed by atoms with E-state index in [0.29, 0.717) is 0 Å². The lowest BCUT2D eigenvalue weighted by Crippen LogP contribution is -2.37. The molecule has 0 aliphatic rings. The summed E-state index contributed by atoms with van der Waals surface area (Å²) in [5.74, 6) is 0.677. The van der Waals surface area contributed by atoms with E-state index in [-0.39, 0.29) is 24.0 Å². The number of amides is 1. The molecule has 0 unspecified atom stereocenters. The van der Waals surface area contributed by atoms with E-state index in [2.05, 4.69) is 39.9 Å². The fraction of sp³-hybridized carbons (Fsp3) is 0.588. The first-order valence-corrected chi connectivity index (χ1v) is 7.39. The molecule has 3 nitrogen and oxygen atoms in total. The quantitative estimate of drug-likeness (QED) is 0.861. The van der Waals surface area contributed by atoms with E-state index in [1.165, 1.54) is 5.56 Å². The fourth-order valence-electron chi connectivity index (χ4n) is 1.96. The Morgan fingerprint density at radius 2 is 1.70 bits per heavy atom. The minimum atomic E-state index is -0.0569. The highest BCUT2D eigenvalue weighted by molar-refractivity contribution is 5.77. The van der Waals surface area contributed by atoms with E-state index in [1.807, 2.05) is 24.3 Å². The van der Waals surface area contributed by atoms with E-state index in [0.717, 1.165) is 18.6 Å². The number of nitrogens with one attached hydrogen (secondary N) is 1. The molecule has 1 amide bonds. The standard InChI is InChI=1S/C17H27NO2/c1-6-14(7-2)18-16(19)12-20-15-10-8-13(9-11-15)17(3,4)5/h8-11,14H,6-7,12H2,1-5H3,(H,18,19). The Labute approximate surface area is 122 Å². The van der Waals surface area contributed by atoms with Gasteiger partial charge >= 0.3 is 0 Å². The molecule has 1 aromatic rings. The first-order chi connectivity index (χ1) is 9.36. The van der Waals surface area contributed by atoms with Gasteiger partial charge in [0.25, 0.3) is 5.91 Å². The minimum absolute atomic E-state index is 0.0569. The van der Waals surface area contributed by atoms with Crippen molar-refractivity contribution >= 4 is 5.91 Å². The van der Waals surface area contributed by atoms with Gasteiger partial charge in [-0.1, -0.05) is 46.8 Å². The molecule has 0 aromatic heterocycles. The molecule has 0 atom stereocenters. The van der Waals surface area contributed by atoms with Crippen molar-refractivity contribution in [2.45, 2.75) is 58.9 Å². The molecule has 0 heterocycles. The van der Waals surface area contributed by atoms with Crippen LogP contribution < -0.4 is 10.1 Å². The zero-order valence-corrected chi connectivity index (χ0v) is 13.3. The molecule has 112 valence electrons. The maximum Gasteiger partial charge on any atom is 0.258 e. The van der Waals surface area contributed by atoms with E-state index in [1.54, 1.807) is 0 Å². The minimum Gasteiger partial charge on any atom is -0.484 e. The second-order valence-corrected chi connectivity index (χ2v) is 6.14. The second-order valence-electron chi connectivity index (χ2n) is 6.14. The van der Waals surface area contributed by atoms with Gasteiger partial charge in [-0.25, -0.2) is 0 Å². The summed E-state index contributed by atoms with van der Waals surface area (Å²) in [5, 5.41) is 2.96. The molecular weight excluding hydrogens is 250 g/mol. The van der Waals surface area contributed by atoms with Gasteiger partial charge in [0.05, 0.1) is 0 Å². The van der Waals surface area contributed by atoms with E-state index in [9.17, 15) is 4.79 Å². The number of carbonyl (C=O) groups excluding carboxylic acids is 1. The predicted octanol–water partition coefficient (Wildman–Crippen LogP) is 3.67. The second kappa shape index (κ2) is 7.32. The monoisotopic (exact) mass is 277 g/mol. The van der Waals surface area contributed by atoms with Crippen LogP contribution in [0.1, 0.15) is 53.0 Å². The van der Waals surface area contributed by atoms with Gasteiger partial charge in [0.1, 0.15) is 5.75 Å². The summed E-state index contributed by atoms with van der Waals surface area (Å²) in [7, 11) is 0. The number of benzene rings is 1. The average Bonchev–Trinajstić information content (AvgIpc) is 2.42. The lowest BCUT2D eigenvalue weighted by atomic mass is 9.87. The topological polar surface area (TPSA) is 38.3 Å². The Bertz CT molecular complexity index is 414. The van der Waals surface area contributed by atoms with Crippen molar-refractivity contribution in [2.24, 2.45) is 0 Å². The lowest BCUT2D eigenvalue weighted by molar-refractivity contribution is -0.123. The maximum atomic E-state index is 11.7. The molecule has 0 aliphatic carbocycles. The van der Waals surface area contributed by atoms with Gasteiger partial charge in [0.2, 0.25) is 0 Å². The molecule has 0 saturated carbocycles. The maximum absolute atomic E-state index is 11.7. The van der Waals surface area contributed by atoms with Crippen molar-refractivity contribution in [2.75, 3.05) is 6.61 Å². The first kappa shape index (κ1) is 16.5. The summed E-state index contributed by atoms with van der Waals surface area (Å²) < 4.78 is 5.51. The Kier molecular flexibility index (Phi) is 6.05. The van der Waals surface area contributed by atoms with Crippen LogP contribution in [0, 0.1) is 0 Å². The van der Waals surface area contributed by atoms with Gasteiger partial charge in [0.15, 0.2) is 6.61 Å². The average molecular weight is 277 g/mol. The van der Waals surface area contributed by atoms with Crippen LogP contribution in [0.3, 0.4) is 0 Å². The SMILES string of the molecule is CCC(CC)NC(=O)COc1ccc(C(C)(C)C)cc1. The predicted molar refractivity (Wildman–Crippen MR) is 83.1 cm³/mol. The summed E-state index contributed by atoms with van der Waals surface area (Å²) in [6.45, 7) is 10.7. The van der Waals surface area contributed by atoms with Crippen molar-refractivity contribution in [3.05, 3.63) is 29.8 Å². The van der Waals surface area contributed by atoms with Crippen molar-refractivity contribution in [1.82, 2.24) is 5.32 Å². The van der Waals surface area contributed by atoms with Crippen LogP contribution in [0.2, 0.25) is 0 Å². The Morgan fingerprint density at radius 3 is 2.15 bits per heavy atom. The molecule has 0 aliphatic heterocycles. The Morgan fingerprint density at radius 1 is 1.15 bits per heavy atom. The molecule has 0 saturated heterocycles. The van der Waals surface area contributed by atoms with Gasteiger partial charge in [0, 0.05) is 6.04 Å². The van der Waals surface area contributed by atoms with E-state index in [4.69, 9.17) is 4.74 Å². The van der Waals surface area contributed by atoms with Crippen molar-refractivity contribution in [3.8, 4) is 5.75 Å². The van der Waals surface area contributed by atoms with Crippen LogP contribution in [0.4, 0.5) is 0 Å². The lowest BCUT2D eigenvalue weighted by Gasteiger charge is -2.19. The number of rotatable bonds is 6. The van der Waals surface area contributed by atoms with Crippen LogP contribution in [-0.4, -0.2) is 18.6 Å². The van der Waals surface area contributed by atoms with Crippen LogP contribution in [-0.2, 0) is 10.2 Å². The van der Waals surface area contributed by atoms with Crippen molar-refractivity contribution < 1.29 is 9.53 Å². The summed E-state index contributed by atoms with van der Waals surface area (Å²) in [5.41, 5.74) is 1.39. The van der Waals surface area contributed by atoms with Gasteiger partial charge in [-0.3, -0.25) is 4.79 Å². The molecule has 3 heteroatoms. The van der Waals surface area contributed by atoms with Crippen LogP contribution in [0.15, 0.2) is 24.3 Å². The smallest absolute Gasteiger partial charge is 0.258 e. The normalized spacial score (nSPS) is 11.5. The van der Waals surface area contributed by atoms with Crippen LogP contribution >= 0.6 is 0 Å². The van der Waals surface area contributed by atoms with E-state index >= 15 is 0 Å². The fourth-order valence-corrected chi connectivity index (χ4v) is 1.96. The molecule has 1 aromatic carbocycles. The molecule has 0 fully saturated rings. The zero-order valence-electron chi connectivity index (χ0n) is 13.3. The Balaban J connectivity index is 2.48. The third-order valence-corrected chi connectivity index (χ3v) is 3.44. The highest BCUT2D eigenvalue weighted by Gasteiger charge is 2.13. The van der Waals surface area contributed by atoms with E-state index < -0.39 is 0 Å². The van der Waals surface area contributed by atoms with Gasteiger partial charge in [-0.15, -0.1) is 0 Å². The number of ether oxygens (including phenoxy) is 1.